The van der Waals surface area contributed by atoms with Gasteiger partial charge in [0, 0.05) is 36.8 Å². The second-order valence-corrected chi connectivity index (χ2v) is 6.48. The lowest BCUT2D eigenvalue weighted by Crippen LogP contribution is -2.40. The number of hydrogen-bond donors (Lipinski definition) is 2. The van der Waals surface area contributed by atoms with E-state index in [0.29, 0.717) is 5.56 Å². The molecule has 2 aromatic heterocycles. The fourth-order valence-corrected chi connectivity index (χ4v) is 2.82. The number of amides is 1. The molecule has 3 rings (SSSR count). The highest BCUT2D eigenvalue weighted by molar-refractivity contribution is 6.31. The number of aromatic nitrogens is 2. The maximum atomic E-state index is 12.5. The molecule has 11 nitrogen and oxygen atoms in total. The third-order valence-electron chi connectivity index (χ3n) is 4.16. The quantitative estimate of drug-likeness (QED) is 0.481. The minimum Gasteiger partial charge on any atom is -0.451 e. The molecule has 12 heteroatoms. The zero-order valence-corrected chi connectivity index (χ0v) is 15.9. The van der Waals surface area contributed by atoms with Crippen LogP contribution in [0.2, 0.25) is 5.02 Å². The highest BCUT2D eigenvalue weighted by Crippen LogP contribution is 2.30. The zero-order valence-electron chi connectivity index (χ0n) is 15.1. The normalized spacial score (nSPS) is 10.7. The molecule has 0 aliphatic carbocycles. The van der Waals surface area contributed by atoms with Crippen LogP contribution in [-0.4, -0.2) is 20.0 Å². The summed E-state index contributed by atoms with van der Waals surface area (Å²) in [5.41, 5.74) is 4.11. The van der Waals surface area contributed by atoms with Gasteiger partial charge in [-0.3, -0.25) is 28.8 Å². The zero-order chi connectivity index (χ0) is 21.5. The number of anilines is 2. The van der Waals surface area contributed by atoms with Crippen molar-refractivity contribution in [3.63, 3.8) is 0 Å². The van der Waals surface area contributed by atoms with Crippen molar-refractivity contribution in [3.05, 3.63) is 72.1 Å². The Morgan fingerprint density at radius 2 is 1.90 bits per heavy atom. The number of hydrogen-bond acceptors (Lipinski definition) is 7. The van der Waals surface area contributed by atoms with E-state index in [1.165, 1.54) is 44.4 Å². The molecular formula is C17H14ClN5O6. The van der Waals surface area contributed by atoms with E-state index in [-0.39, 0.29) is 33.7 Å². The van der Waals surface area contributed by atoms with Gasteiger partial charge in [-0.2, -0.15) is 0 Å². The first kappa shape index (κ1) is 19.9. The Morgan fingerprint density at radius 3 is 2.55 bits per heavy atom. The van der Waals surface area contributed by atoms with Gasteiger partial charge in [0.05, 0.1) is 4.92 Å². The number of halogens is 1. The van der Waals surface area contributed by atoms with Gasteiger partial charge in [-0.25, -0.2) is 4.79 Å². The number of carbonyl (C=O) groups excluding carboxylic acids is 1. The first-order chi connectivity index (χ1) is 13.6. The minimum atomic E-state index is -0.796. The summed E-state index contributed by atoms with van der Waals surface area (Å²) in [5.74, 6) is -1.04. The Morgan fingerprint density at radius 1 is 1.21 bits per heavy atom. The van der Waals surface area contributed by atoms with E-state index in [1.54, 1.807) is 0 Å². The van der Waals surface area contributed by atoms with Crippen LogP contribution >= 0.6 is 11.6 Å². The van der Waals surface area contributed by atoms with Crippen LogP contribution in [0.5, 0.6) is 0 Å². The number of rotatable bonds is 4. The van der Waals surface area contributed by atoms with Gasteiger partial charge in [-0.1, -0.05) is 11.6 Å². The van der Waals surface area contributed by atoms with E-state index in [9.17, 15) is 24.5 Å². The number of benzene rings is 1. The maximum Gasteiger partial charge on any atom is 0.332 e. The lowest BCUT2D eigenvalue weighted by atomic mass is 10.1. The van der Waals surface area contributed by atoms with Crippen LogP contribution in [0.4, 0.5) is 17.2 Å². The number of nitro groups is 1. The van der Waals surface area contributed by atoms with E-state index in [0.717, 1.165) is 9.13 Å². The third kappa shape index (κ3) is 3.62. The molecule has 0 saturated heterocycles. The molecule has 0 fully saturated rings. The second-order valence-electron chi connectivity index (χ2n) is 6.04. The Hall–Kier alpha value is -3.86. The van der Waals surface area contributed by atoms with E-state index in [4.69, 9.17) is 21.8 Å². The van der Waals surface area contributed by atoms with Gasteiger partial charge < -0.3 is 15.5 Å². The monoisotopic (exact) mass is 419 g/mol. The van der Waals surface area contributed by atoms with Crippen molar-refractivity contribution < 1.29 is 14.1 Å². The van der Waals surface area contributed by atoms with E-state index in [2.05, 4.69) is 5.32 Å². The smallest absolute Gasteiger partial charge is 0.332 e. The van der Waals surface area contributed by atoms with E-state index in [1.807, 2.05) is 0 Å². The first-order valence-corrected chi connectivity index (χ1v) is 8.40. The summed E-state index contributed by atoms with van der Waals surface area (Å²) >= 11 is 5.89. The van der Waals surface area contributed by atoms with E-state index >= 15 is 0 Å². The topological polar surface area (TPSA) is 155 Å². The minimum absolute atomic E-state index is 0.123. The van der Waals surface area contributed by atoms with Crippen molar-refractivity contribution in [2.24, 2.45) is 14.1 Å². The van der Waals surface area contributed by atoms with Crippen LogP contribution in [0.15, 0.2) is 44.3 Å². The van der Waals surface area contributed by atoms with Gasteiger partial charge in [-0.15, -0.1) is 0 Å². The van der Waals surface area contributed by atoms with E-state index < -0.39 is 22.1 Å². The first-order valence-electron chi connectivity index (χ1n) is 8.02. The van der Waals surface area contributed by atoms with Crippen molar-refractivity contribution in [1.82, 2.24) is 9.13 Å². The fourth-order valence-electron chi connectivity index (χ4n) is 2.59. The standard InChI is InChI=1S/C17H14ClN5O6/c1-21-14(19)13(16(25)22(2)17(21)26)20-15(24)12-4-3-11(29-12)8-5-9(18)7-10(6-8)23(27)28/h3-7H,19H2,1-2H3,(H,20,24). The van der Waals surface area contributed by atoms with Crippen LogP contribution in [0.1, 0.15) is 10.6 Å². The molecule has 0 saturated carbocycles. The molecule has 0 bridgehead atoms. The molecule has 29 heavy (non-hydrogen) atoms. The number of non-ortho nitro benzene ring substituents is 1. The molecular weight excluding hydrogens is 406 g/mol. The summed E-state index contributed by atoms with van der Waals surface area (Å²) in [6, 6.07) is 6.61. The Labute approximate surface area is 167 Å². The SMILES string of the molecule is Cn1c(N)c(NC(=O)c2ccc(-c3cc(Cl)cc([N+](=O)[O-])c3)o2)c(=O)n(C)c1=O. The molecule has 1 amide bonds. The van der Waals surface area contributed by atoms with Crippen LogP contribution < -0.4 is 22.3 Å². The number of nitrogens with zero attached hydrogens (tertiary/aromatic N) is 3. The molecule has 2 heterocycles. The highest BCUT2D eigenvalue weighted by atomic mass is 35.5. The molecule has 0 aliphatic heterocycles. The predicted octanol–water partition coefficient (Wildman–Crippen LogP) is 1.74. The van der Waals surface area contributed by atoms with Crippen LogP contribution in [0, 0.1) is 10.1 Å². The summed E-state index contributed by atoms with van der Waals surface area (Å²) < 4.78 is 7.25. The van der Waals surface area contributed by atoms with Crippen LogP contribution in [0.3, 0.4) is 0 Å². The van der Waals surface area contributed by atoms with Gasteiger partial charge in [-0.05, 0) is 18.2 Å². The summed E-state index contributed by atoms with van der Waals surface area (Å²) in [4.78, 5) is 46.9. The van der Waals surface area contributed by atoms with Crippen molar-refractivity contribution in [2.45, 2.75) is 0 Å². The van der Waals surface area contributed by atoms with Gasteiger partial charge in [0.15, 0.2) is 5.76 Å². The predicted molar refractivity (Wildman–Crippen MR) is 105 cm³/mol. The number of furan rings is 1. The molecule has 0 atom stereocenters. The fraction of sp³-hybridized carbons (Fsp3) is 0.118. The number of nitrogens with one attached hydrogen (secondary N) is 1. The van der Waals surface area contributed by atoms with Gasteiger partial charge in [0.1, 0.15) is 17.3 Å². The van der Waals surface area contributed by atoms with Crippen LogP contribution in [0.25, 0.3) is 11.3 Å². The summed E-state index contributed by atoms with van der Waals surface area (Å²) in [7, 11) is 2.60. The average Bonchev–Trinajstić information content (AvgIpc) is 3.18. The number of carbonyl (C=O) groups is 1. The van der Waals surface area contributed by atoms with Gasteiger partial charge in [0.25, 0.3) is 17.2 Å². The second kappa shape index (κ2) is 7.28. The molecule has 0 aliphatic rings. The number of nitrogen functional groups attached to an aromatic ring is 1. The molecule has 150 valence electrons. The Balaban J connectivity index is 1.95. The number of nitrogens with two attached hydrogens (primary N) is 1. The Kier molecular flexibility index (Phi) is 4.99. The highest BCUT2D eigenvalue weighted by Gasteiger charge is 2.20. The van der Waals surface area contributed by atoms with Crippen molar-refractivity contribution >= 4 is 34.7 Å². The third-order valence-corrected chi connectivity index (χ3v) is 4.37. The lowest BCUT2D eigenvalue weighted by Gasteiger charge is -2.11. The number of nitro benzene ring substituents is 1. The molecule has 0 spiro atoms. The van der Waals surface area contributed by atoms with Crippen molar-refractivity contribution in [1.29, 1.82) is 0 Å². The van der Waals surface area contributed by atoms with Crippen molar-refractivity contribution in [2.75, 3.05) is 11.1 Å². The summed E-state index contributed by atoms with van der Waals surface area (Å²) in [6.45, 7) is 0. The van der Waals surface area contributed by atoms with Gasteiger partial charge >= 0.3 is 5.69 Å². The molecule has 0 unspecified atom stereocenters. The Bertz CT molecular complexity index is 1270. The summed E-state index contributed by atoms with van der Waals surface area (Å²) in [5, 5.41) is 13.4. The van der Waals surface area contributed by atoms with Gasteiger partial charge in [0.2, 0.25) is 0 Å². The molecule has 1 aromatic carbocycles. The molecule has 0 radical (unpaired) electrons. The van der Waals surface area contributed by atoms with Crippen LogP contribution in [-0.2, 0) is 14.1 Å². The molecule has 3 aromatic rings. The largest absolute Gasteiger partial charge is 0.451 e. The van der Waals surface area contributed by atoms with Crippen molar-refractivity contribution in [3.8, 4) is 11.3 Å². The maximum absolute atomic E-state index is 12.5. The summed E-state index contributed by atoms with van der Waals surface area (Å²) in [6.07, 6.45) is 0. The lowest BCUT2D eigenvalue weighted by molar-refractivity contribution is -0.384. The molecule has 3 N–H and O–H groups in total. The average molecular weight is 420 g/mol.